The fraction of sp³-hybridized carbons (Fsp3) is 0.368. The van der Waals surface area contributed by atoms with Crippen LogP contribution in [-0.4, -0.2) is 12.2 Å². The van der Waals surface area contributed by atoms with Gasteiger partial charge in [0.1, 0.15) is 0 Å². The van der Waals surface area contributed by atoms with Crippen molar-refractivity contribution in [3.05, 3.63) is 54.1 Å². The van der Waals surface area contributed by atoms with Crippen molar-refractivity contribution in [2.75, 3.05) is 5.32 Å². The van der Waals surface area contributed by atoms with E-state index in [1.165, 1.54) is 5.56 Å². The zero-order valence-corrected chi connectivity index (χ0v) is 13.8. The number of ether oxygens (including phenoxy) is 2. The molecule has 0 saturated heterocycles. The topological polar surface area (TPSA) is 30.5 Å². The number of hydrogen-bond acceptors (Lipinski definition) is 3. The lowest BCUT2D eigenvalue weighted by molar-refractivity contribution is 0.199. The molecule has 2 aromatic rings. The highest BCUT2D eigenvalue weighted by atomic mass is 16.5. The zero-order valence-electron chi connectivity index (χ0n) is 13.8. The normalized spacial score (nSPS) is 10.8. The third kappa shape index (κ3) is 4.99. The highest BCUT2D eigenvalue weighted by Crippen LogP contribution is 2.32. The Hall–Kier alpha value is -2.16. The molecule has 0 bridgehead atoms. The van der Waals surface area contributed by atoms with E-state index in [0.717, 1.165) is 23.7 Å². The summed E-state index contributed by atoms with van der Waals surface area (Å²) in [5.41, 5.74) is 2.27. The maximum absolute atomic E-state index is 5.87. The highest BCUT2D eigenvalue weighted by Gasteiger charge is 2.10. The number of benzene rings is 2. The molecule has 22 heavy (non-hydrogen) atoms. The minimum atomic E-state index is 0.110. The lowest BCUT2D eigenvalue weighted by Crippen LogP contribution is -2.11. The summed E-state index contributed by atoms with van der Waals surface area (Å²) < 4.78 is 11.7. The van der Waals surface area contributed by atoms with Crippen LogP contribution in [-0.2, 0) is 6.54 Å². The van der Waals surface area contributed by atoms with Crippen molar-refractivity contribution in [1.82, 2.24) is 0 Å². The molecular weight excluding hydrogens is 274 g/mol. The van der Waals surface area contributed by atoms with Crippen molar-refractivity contribution in [2.24, 2.45) is 0 Å². The molecule has 0 amide bonds. The molecule has 2 rings (SSSR count). The van der Waals surface area contributed by atoms with E-state index in [0.29, 0.717) is 0 Å². The second kappa shape index (κ2) is 7.74. The molecule has 0 aromatic heterocycles. The van der Waals surface area contributed by atoms with Gasteiger partial charge in [0.2, 0.25) is 0 Å². The van der Waals surface area contributed by atoms with Gasteiger partial charge in [0, 0.05) is 18.3 Å². The minimum absolute atomic E-state index is 0.110. The summed E-state index contributed by atoms with van der Waals surface area (Å²) in [7, 11) is 0. The van der Waals surface area contributed by atoms with Crippen LogP contribution in [0, 0.1) is 0 Å². The number of rotatable bonds is 7. The Morgan fingerprint density at radius 3 is 2.09 bits per heavy atom. The van der Waals surface area contributed by atoms with E-state index in [-0.39, 0.29) is 12.2 Å². The van der Waals surface area contributed by atoms with Crippen molar-refractivity contribution in [2.45, 2.75) is 46.4 Å². The monoisotopic (exact) mass is 299 g/mol. The predicted molar refractivity (Wildman–Crippen MR) is 91.7 cm³/mol. The molecule has 3 nitrogen and oxygen atoms in total. The quantitative estimate of drug-likeness (QED) is 0.791. The molecule has 0 fully saturated rings. The summed E-state index contributed by atoms with van der Waals surface area (Å²) in [5.74, 6) is 1.57. The molecule has 1 N–H and O–H groups in total. The molecule has 0 aliphatic heterocycles. The Labute approximate surface area is 133 Å². The first-order valence-corrected chi connectivity index (χ1v) is 7.79. The Balaban J connectivity index is 2.11. The van der Waals surface area contributed by atoms with Crippen molar-refractivity contribution >= 4 is 5.69 Å². The Kier molecular flexibility index (Phi) is 5.70. The lowest BCUT2D eigenvalue weighted by atomic mass is 10.2. The molecule has 0 aliphatic rings. The molecule has 0 spiro atoms. The summed E-state index contributed by atoms with van der Waals surface area (Å²) in [6.07, 6.45) is 0.233. The summed E-state index contributed by atoms with van der Waals surface area (Å²) >= 11 is 0. The molecule has 3 heteroatoms. The Morgan fingerprint density at radius 2 is 1.45 bits per heavy atom. The Bertz CT molecular complexity index is 579. The standard InChI is InChI=1S/C19H25NO2/c1-14(2)21-18-11-10-17(12-19(18)22-15(3)4)20-13-16-8-6-5-7-9-16/h5-12,14-15,20H,13H2,1-4H3. The summed E-state index contributed by atoms with van der Waals surface area (Å²) in [6, 6.07) is 16.3. The Morgan fingerprint density at radius 1 is 0.818 bits per heavy atom. The van der Waals surface area contributed by atoms with Gasteiger partial charge in [-0.05, 0) is 45.4 Å². The van der Waals surface area contributed by atoms with Crippen LogP contribution in [0.25, 0.3) is 0 Å². The maximum Gasteiger partial charge on any atom is 0.163 e. The molecule has 0 atom stereocenters. The van der Waals surface area contributed by atoms with Gasteiger partial charge in [0.25, 0.3) is 0 Å². The average Bonchev–Trinajstić information content (AvgIpc) is 2.47. The second-order valence-electron chi connectivity index (χ2n) is 5.83. The van der Waals surface area contributed by atoms with E-state index in [4.69, 9.17) is 9.47 Å². The first kappa shape index (κ1) is 16.2. The number of anilines is 1. The fourth-order valence-corrected chi connectivity index (χ4v) is 2.12. The highest BCUT2D eigenvalue weighted by molar-refractivity contribution is 5.55. The van der Waals surface area contributed by atoms with Crippen molar-refractivity contribution < 1.29 is 9.47 Å². The third-order valence-corrected chi connectivity index (χ3v) is 3.01. The van der Waals surface area contributed by atoms with Crippen LogP contribution in [0.15, 0.2) is 48.5 Å². The van der Waals surface area contributed by atoms with E-state index in [1.54, 1.807) is 0 Å². The van der Waals surface area contributed by atoms with Crippen LogP contribution in [0.5, 0.6) is 11.5 Å². The first-order chi connectivity index (χ1) is 10.5. The van der Waals surface area contributed by atoms with Crippen molar-refractivity contribution in [3.63, 3.8) is 0 Å². The van der Waals surface area contributed by atoms with Crippen molar-refractivity contribution in [3.8, 4) is 11.5 Å². The van der Waals surface area contributed by atoms with Gasteiger partial charge >= 0.3 is 0 Å². The molecule has 2 aromatic carbocycles. The maximum atomic E-state index is 5.87. The molecule has 118 valence electrons. The molecule has 0 heterocycles. The van der Waals surface area contributed by atoms with Gasteiger partial charge in [0.05, 0.1) is 12.2 Å². The van der Waals surface area contributed by atoms with E-state index < -0.39 is 0 Å². The summed E-state index contributed by atoms with van der Waals surface area (Å²) in [5, 5.41) is 3.42. The van der Waals surface area contributed by atoms with E-state index in [2.05, 4.69) is 17.4 Å². The summed E-state index contributed by atoms with van der Waals surface area (Å²) in [6.45, 7) is 8.85. The zero-order chi connectivity index (χ0) is 15.9. The SMILES string of the molecule is CC(C)Oc1ccc(NCc2ccccc2)cc1OC(C)C. The van der Waals surface area contributed by atoms with Crippen molar-refractivity contribution in [1.29, 1.82) is 0 Å². The van der Waals surface area contributed by atoms with Gasteiger partial charge in [-0.15, -0.1) is 0 Å². The van der Waals surface area contributed by atoms with Crippen LogP contribution in [0.3, 0.4) is 0 Å². The molecule has 0 radical (unpaired) electrons. The third-order valence-electron chi connectivity index (χ3n) is 3.01. The van der Waals surface area contributed by atoms with Gasteiger partial charge in [-0.25, -0.2) is 0 Å². The second-order valence-corrected chi connectivity index (χ2v) is 5.83. The van der Waals surface area contributed by atoms with Crippen LogP contribution in [0.1, 0.15) is 33.3 Å². The van der Waals surface area contributed by atoms with Gasteiger partial charge in [-0.2, -0.15) is 0 Å². The minimum Gasteiger partial charge on any atom is -0.487 e. The van der Waals surface area contributed by atoms with Crippen LogP contribution >= 0.6 is 0 Å². The average molecular weight is 299 g/mol. The lowest BCUT2D eigenvalue weighted by Gasteiger charge is -2.18. The number of nitrogens with one attached hydrogen (secondary N) is 1. The van der Waals surface area contributed by atoms with Crippen LogP contribution in [0.4, 0.5) is 5.69 Å². The summed E-state index contributed by atoms with van der Waals surface area (Å²) in [4.78, 5) is 0. The van der Waals surface area contributed by atoms with Crippen LogP contribution in [0.2, 0.25) is 0 Å². The van der Waals surface area contributed by atoms with Gasteiger partial charge in [0.15, 0.2) is 11.5 Å². The molecular formula is C19H25NO2. The smallest absolute Gasteiger partial charge is 0.163 e. The molecule has 0 saturated carbocycles. The largest absolute Gasteiger partial charge is 0.487 e. The molecule has 0 unspecified atom stereocenters. The van der Waals surface area contributed by atoms with Gasteiger partial charge in [-0.1, -0.05) is 30.3 Å². The predicted octanol–water partition coefficient (Wildman–Crippen LogP) is 4.87. The number of hydrogen-bond donors (Lipinski definition) is 1. The van der Waals surface area contributed by atoms with E-state index in [9.17, 15) is 0 Å². The van der Waals surface area contributed by atoms with E-state index in [1.807, 2.05) is 64.1 Å². The fourth-order valence-electron chi connectivity index (χ4n) is 2.12. The molecule has 0 aliphatic carbocycles. The van der Waals surface area contributed by atoms with E-state index >= 15 is 0 Å². The van der Waals surface area contributed by atoms with Gasteiger partial charge in [-0.3, -0.25) is 0 Å². The van der Waals surface area contributed by atoms with Gasteiger partial charge < -0.3 is 14.8 Å². The van der Waals surface area contributed by atoms with Crippen LogP contribution < -0.4 is 14.8 Å². The first-order valence-electron chi connectivity index (χ1n) is 7.79.